The number of hydrogen-bond donors (Lipinski definition) is 0. The normalized spacial score (nSPS) is 21.4. The van der Waals surface area contributed by atoms with Crippen molar-refractivity contribution in [2.75, 3.05) is 20.3 Å². The summed E-state index contributed by atoms with van der Waals surface area (Å²) in [5, 5.41) is 0.688. The van der Waals surface area contributed by atoms with E-state index in [1.807, 2.05) is 60.2 Å². The second kappa shape index (κ2) is 8.55. The fourth-order valence-electron chi connectivity index (χ4n) is 3.41. The summed E-state index contributed by atoms with van der Waals surface area (Å²) >= 11 is 6.02. The molecule has 29 heavy (non-hydrogen) atoms. The molecule has 1 fully saturated rings. The van der Waals surface area contributed by atoms with Gasteiger partial charge in [-0.3, -0.25) is 0 Å². The van der Waals surface area contributed by atoms with Crippen LogP contribution >= 0.6 is 11.6 Å². The average molecular weight is 415 g/mol. The van der Waals surface area contributed by atoms with Crippen molar-refractivity contribution in [2.45, 2.75) is 25.4 Å². The highest BCUT2D eigenvalue weighted by Gasteiger charge is 2.43. The average Bonchev–Trinajstić information content (AvgIpc) is 3.36. The summed E-state index contributed by atoms with van der Waals surface area (Å²) in [4.78, 5) is 4.12. The Labute approximate surface area is 174 Å². The van der Waals surface area contributed by atoms with Crippen molar-refractivity contribution in [3.63, 3.8) is 0 Å². The number of benzene rings is 2. The van der Waals surface area contributed by atoms with E-state index in [1.54, 1.807) is 19.6 Å². The minimum atomic E-state index is -0.904. The Kier molecular flexibility index (Phi) is 5.87. The molecule has 7 heteroatoms. The molecule has 0 radical (unpaired) electrons. The maximum absolute atomic E-state index is 6.29. The molecule has 3 aromatic rings. The van der Waals surface area contributed by atoms with Crippen LogP contribution in [0.4, 0.5) is 0 Å². The number of aromatic nitrogens is 2. The Balaban J connectivity index is 1.57. The standard InChI is InChI=1S/C22H23ClN2O4/c1-16-11-18(23)5-8-21(16)28-19-6-3-17(4-7-19)22(14-25-10-9-24-15-25)27-13-20(29-22)12-26-2/h3-11,15,20H,12-14H2,1-2H3. The van der Waals surface area contributed by atoms with Crippen molar-refractivity contribution in [3.05, 3.63) is 77.3 Å². The maximum Gasteiger partial charge on any atom is 0.214 e. The van der Waals surface area contributed by atoms with Gasteiger partial charge in [-0.15, -0.1) is 0 Å². The van der Waals surface area contributed by atoms with Crippen LogP contribution < -0.4 is 4.74 Å². The highest BCUT2D eigenvalue weighted by atomic mass is 35.5. The van der Waals surface area contributed by atoms with E-state index in [0.29, 0.717) is 24.8 Å². The molecule has 4 rings (SSSR count). The van der Waals surface area contributed by atoms with Crippen molar-refractivity contribution >= 4 is 11.6 Å². The van der Waals surface area contributed by atoms with Gasteiger partial charge in [0.15, 0.2) is 0 Å². The first-order valence-corrected chi connectivity index (χ1v) is 9.77. The van der Waals surface area contributed by atoms with Gasteiger partial charge in [0.25, 0.3) is 0 Å². The predicted octanol–water partition coefficient (Wildman–Crippen LogP) is 4.55. The molecule has 2 unspecified atom stereocenters. The third-order valence-electron chi connectivity index (χ3n) is 4.82. The molecular formula is C22H23ClN2O4. The zero-order chi connectivity index (χ0) is 20.3. The number of methoxy groups -OCH3 is 1. The molecule has 1 aliphatic heterocycles. The Morgan fingerprint density at radius 3 is 2.76 bits per heavy atom. The SMILES string of the molecule is COCC1COC(Cn2ccnc2)(c2ccc(Oc3ccc(Cl)cc3C)cc2)O1. The summed E-state index contributed by atoms with van der Waals surface area (Å²) in [6.07, 6.45) is 5.24. The molecular weight excluding hydrogens is 392 g/mol. The van der Waals surface area contributed by atoms with E-state index in [0.717, 1.165) is 22.6 Å². The Morgan fingerprint density at radius 2 is 2.07 bits per heavy atom. The largest absolute Gasteiger partial charge is 0.457 e. The predicted molar refractivity (Wildman–Crippen MR) is 109 cm³/mol. The molecule has 1 aromatic heterocycles. The monoisotopic (exact) mass is 414 g/mol. The molecule has 2 heterocycles. The number of rotatable bonds is 7. The lowest BCUT2D eigenvalue weighted by Crippen LogP contribution is -2.33. The van der Waals surface area contributed by atoms with Gasteiger partial charge < -0.3 is 23.5 Å². The zero-order valence-corrected chi connectivity index (χ0v) is 17.1. The minimum absolute atomic E-state index is 0.129. The van der Waals surface area contributed by atoms with Gasteiger partial charge in [0.2, 0.25) is 5.79 Å². The smallest absolute Gasteiger partial charge is 0.214 e. The third kappa shape index (κ3) is 4.46. The van der Waals surface area contributed by atoms with Crippen LogP contribution in [0.25, 0.3) is 0 Å². The second-order valence-electron chi connectivity index (χ2n) is 7.03. The highest BCUT2D eigenvalue weighted by Crippen LogP contribution is 2.37. The lowest BCUT2D eigenvalue weighted by molar-refractivity contribution is -0.190. The van der Waals surface area contributed by atoms with Gasteiger partial charge in [0.05, 0.1) is 26.1 Å². The zero-order valence-electron chi connectivity index (χ0n) is 16.4. The van der Waals surface area contributed by atoms with Crippen molar-refractivity contribution in [1.29, 1.82) is 0 Å². The van der Waals surface area contributed by atoms with Crippen molar-refractivity contribution in [2.24, 2.45) is 0 Å². The van der Waals surface area contributed by atoms with Crippen LogP contribution in [-0.4, -0.2) is 36.0 Å². The van der Waals surface area contributed by atoms with Crippen molar-refractivity contribution in [3.8, 4) is 11.5 Å². The molecule has 0 bridgehead atoms. The molecule has 0 spiro atoms. The number of nitrogens with zero attached hydrogens (tertiary/aromatic N) is 2. The fraction of sp³-hybridized carbons (Fsp3) is 0.318. The minimum Gasteiger partial charge on any atom is -0.457 e. The summed E-state index contributed by atoms with van der Waals surface area (Å²) in [5.41, 5.74) is 1.88. The van der Waals surface area contributed by atoms with Gasteiger partial charge in [-0.05, 0) is 55.0 Å². The molecule has 0 amide bonds. The summed E-state index contributed by atoms with van der Waals surface area (Å²) in [7, 11) is 1.66. The molecule has 0 aliphatic carbocycles. The highest BCUT2D eigenvalue weighted by molar-refractivity contribution is 6.30. The number of aryl methyl sites for hydroxylation is 1. The van der Waals surface area contributed by atoms with Crippen LogP contribution in [0.2, 0.25) is 5.02 Å². The molecule has 2 aromatic carbocycles. The van der Waals surface area contributed by atoms with E-state index < -0.39 is 5.79 Å². The van der Waals surface area contributed by atoms with Crippen molar-refractivity contribution in [1.82, 2.24) is 9.55 Å². The van der Waals surface area contributed by atoms with Crippen LogP contribution in [0.5, 0.6) is 11.5 Å². The van der Waals surface area contributed by atoms with E-state index in [2.05, 4.69) is 4.98 Å². The van der Waals surface area contributed by atoms with Crippen LogP contribution in [0.1, 0.15) is 11.1 Å². The van der Waals surface area contributed by atoms with Crippen LogP contribution in [-0.2, 0) is 26.5 Å². The van der Waals surface area contributed by atoms with Gasteiger partial charge in [0, 0.05) is 30.1 Å². The molecule has 1 saturated heterocycles. The topological polar surface area (TPSA) is 54.7 Å². The Morgan fingerprint density at radius 1 is 1.24 bits per heavy atom. The maximum atomic E-state index is 6.29. The van der Waals surface area contributed by atoms with Crippen LogP contribution in [0, 0.1) is 6.92 Å². The Bertz CT molecular complexity index is 946. The fourth-order valence-corrected chi connectivity index (χ4v) is 3.64. The molecule has 2 atom stereocenters. The third-order valence-corrected chi connectivity index (χ3v) is 5.06. The summed E-state index contributed by atoms with van der Waals surface area (Å²) in [6.45, 7) is 3.39. The van der Waals surface area contributed by atoms with E-state index >= 15 is 0 Å². The van der Waals surface area contributed by atoms with E-state index in [-0.39, 0.29) is 6.10 Å². The van der Waals surface area contributed by atoms with Gasteiger partial charge in [-0.25, -0.2) is 4.98 Å². The van der Waals surface area contributed by atoms with E-state index in [1.165, 1.54) is 0 Å². The number of ether oxygens (including phenoxy) is 4. The van der Waals surface area contributed by atoms with Gasteiger partial charge >= 0.3 is 0 Å². The molecule has 6 nitrogen and oxygen atoms in total. The van der Waals surface area contributed by atoms with Crippen molar-refractivity contribution < 1.29 is 18.9 Å². The number of hydrogen-bond acceptors (Lipinski definition) is 5. The number of imidazole rings is 1. The summed E-state index contributed by atoms with van der Waals surface area (Å²) < 4.78 is 25.6. The summed E-state index contributed by atoms with van der Waals surface area (Å²) in [5.74, 6) is 0.589. The van der Waals surface area contributed by atoms with E-state index in [4.69, 9.17) is 30.5 Å². The lowest BCUT2D eigenvalue weighted by Gasteiger charge is -2.29. The first-order chi connectivity index (χ1) is 14.1. The second-order valence-corrected chi connectivity index (χ2v) is 7.47. The quantitative estimate of drug-likeness (QED) is 0.567. The number of halogens is 1. The lowest BCUT2D eigenvalue weighted by atomic mass is 10.1. The van der Waals surface area contributed by atoms with Gasteiger partial charge in [-0.1, -0.05) is 11.6 Å². The van der Waals surface area contributed by atoms with Gasteiger partial charge in [-0.2, -0.15) is 0 Å². The first kappa shape index (κ1) is 19.9. The van der Waals surface area contributed by atoms with Gasteiger partial charge in [0.1, 0.15) is 17.6 Å². The Hall–Kier alpha value is -2.38. The van der Waals surface area contributed by atoms with Crippen LogP contribution in [0.15, 0.2) is 61.2 Å². The molecule has 152 valence electrons. The van der Waals surface area contributed by atoms with E-state index in [9.17, 15) is 0 Å². The first-order valence-electron chi connectivity index (χ1n) is 9.39. The molecule has 0 saturated carbocycles. The van der Waals surface area contributed by atoms with Crippen LogP contribution in [0.3, 0.4) is 0 Å². The molecule has 1 aliphatic rings. The molecule has 0 N–H and O–H groups in total. The summed E-state index contributed by atoms with van der Waals surface area (Å²) in [6, 6.07) is 13.3.